The summed E-state index contributed by atoms with van der Waals surface area (Å²) in [7, 11) is 0. The Kier molecular flexibility index (Phi) is 4.64. The molecular formula is C13H14Br2F2O. The molecule has 5 heteroatoms. The third-order valence-corrected chi connectivity index (χ3v) is 4.47. The van der Waals surface area contributed by atoms with E-state index in [0.29, 0.717) is 19.4 Å². The third kappa shape index (κ3) is 3.67. The lowest BCUT2D eigenvalue weighted by molar-refractivity contribution is -0.0499. The first-order valence-corrected chi connectivity index (χ1v) is 7.51. The van der Waals surface area contributed by atoms with E-state index in [2.05, 4.69) is 31.9 Å². The van der Waals surface area contributed by atoms with Gasteiger partial charge in [-0.3, -0.25) is 0 Å². The van der Waals surface area contributed by atoms with Crippen molar-refractivity contribution in [3.05, 3.63) is 27.1 Å². The Balaban J connectivity index is 1.89. The van der Waals surface area contributed by atoms with Gasteiger partial charge in [-0.25, -0.2) is 8.78 Å². The fourth-order valence-electron chi connectivity index (χ4n) is 2.09. The standard InChI is InChI=1S/C13H14Br2F2O/c14-10-2-1-3-11(15)12(10)18-8-9-4-6-13(16,17)7-5-9/h1-3,9H,4-8H2. The molecule has 0 radical (unpaired) electrons. The van der Waals surface area contributed by atoms with E-state index in [1.165, 1.54) is 0 Å². The summed E-state index contributed by atoms with van der Waals surface area (Å²) < 4.78 is 33.5. The number of hydrogen-bond acceptors (Lipinski definition) is 1. The van der Waals surface area contributed by atoms with Crippen molar-refractivity contribution >= 4 is 31.9 Å². The quantitative estimate of drug-likeness (QED) is 0.677. The lowest BCUT2D eigenvalue weighted by atomic mass is 9.87. The molecule has 0 atom stereocenters. The molecule has 0 heterocycles. The predicted octanol–water partition coefficient (Wildman–Crippen LogP) is 5.42. The molecule has 0 spiro atoms. The molecule has 18 heavy (non-hydrogen) atoms. The predicted molar refractivity (Wildman–Crippen MR) is 74.2 cm³/mol. The molecule has 0 aliphatic heterocycles. The molecule has 1 aliphatic rings. The van der Waals surface area contributed by atoms with Gasteiger partial charge >= 0.3 is 0 Å². The molecule has 1 aromatic rings. The molecule has 0 aromatic heterocycles. The molecule has 0 N–H and O–H groups in total. The van der Waals surface area contributed by atoms with Crippen molar-refractivity contribution in [2.24, 2.45) is 5.92 Å². The minimum absolute atomic E-state index is 0.0157. The second-order valence-corrected chi connectivity index (χ2v) is 6.37. The van der Waals surface area contributed by atoms with E-state index in [0.717, 1.165) is 14.7 Å². The van der Waals surface area contributed by atoms with Gasteiger partial charge in [-0.1, -0.05) is 6.07 Å². The summed E-state index contributed by atoms with van der Waals surface area (Å²) in [6, 6.07) is 5.70. The van der Waals surface area contributed by atoms with Crippen LogP contribution in [0.1, 0.15) is 25.7 Å². The number of rotatable bonds is 3. The van der Waals surface area contributed by atoms with E-state index in [9.17, 15) is 8.78 Å². The van der Waals surface area contributed by atoms with Crippen LogP contribution in [0.15, 0.2) is 27.1 Å². The summed E-state index contributed by atoms with van der Waals surface area (Å²) >= 11 is 6.83. The molecule has 0 saturated heterocycles. The Hall–Kier alpha value is -0.160. The van der Waals surface area contributed by atoms with E-state index >= 15 is 0 Å². The number of hydrogen-bond donors (Lipinski definition) is 0. The van der Waals surface area contributed by atoms with Gasteiger partial charge in [0.2, 0.25) is 5.92 Å². The fraction of sp³-hybridized carbons (Fsp3) is 0.538. The molecular weight excluding hydrogens is 370 g/mol. The van der Waals surface area contributed by atoms with Crippen LogP contribution in [0.2, 0.25) is 0 Å². The average molecular weight is 384 g/mol. The van der Waals surface area contributed by atoms with Crippen LogP contribution >= 0.6 is 31.9 Å². The maximum absolute atomic E-state index is 13.0. The molecule has 1 fully saturated rings. The summed E-state index contributed by atoms with van der Waals surface area (Å²) in [4.78, 5) is 0. The molecule has 0 unspecified atom stereocenters. The number of alkyl halides is 2. The molecule has 0 bridgehead atoms. The third-order valence-electron chi connectivity index (χ3n) is 3.22. The lowest BCUT2D eigenvalue weighted by Gasteiger charge is -2.28. The van der Waals surface area contributed by atoms with Gasteiger partial charge < -0.3 is 4.74 Å². The van der Waals surface area contributed by atoms with Crippen LogP contribution in [0, 0.1) is 5.92 Å². The second kappa shape index (κ2) is 5.87. The van der Waals surface area contributed by atoms with Crippen molar-refractivity contribution in [3.8, 4) is 5.75 Å². The van der Waals surface area contributed by atoms with E-state index in [4.69, 9.17) is 4.74 Å². The number of para-hydroxylation sites is 1. The summed E-state index contributed by atoms with van der Waals surface area (Å²) in [6.07, 6.45) is 1.04. The van der Waals surface area contributed by atoms with Crippen LogP contribution in [0.25, 0.3) is 0 Å². The largest absolute Gasteiger partial charge is 0.491 e. The van der Waals surface area contributed by atoms with Crippen LogP contribution in [0.3, 0.4) is 0 Å². The maximum Gasteiger partial charge on any atom is 0.248 e. The highest BCUT2D eigenvalue weighted by atomic mass is 79.9. The second-order valence-electron chi connectivity index (χ2n) is 4.66. The lowest BCUT2D eigenvalue weighted by Crippen LogP contribution is -2.27. The smallest absolute Gasteiger partial charge is 0.248 e. The van der Waals surface area contributed by atoms with Crippen molar-refractivity contribution in [1.82, 2.24) is 0 Å². The Bertz CT molecular complexity index is 393. The zero-order valence-electron chi connectivity index (χ0n) is 9.77. The molecule has 1 aromatic carbocycles. The Morgan fingerprint density at radius 2 is 1.72 bits per heavy atom. The van der Waals surface area contributed by atoms with Crippen molar-refractivity contribution < 1.29 is 13.5 Å². The van der Waals surface area contributed by atoms with Gasteiger partial charge in [0.1, 0.15) is 5.75 Å². The first kappa shape index (κ1) is 14.3. The molecule has 1 saturated carbocycles. The van der Waals surface area contributed by atoms with E-state index in [1.807, 2.05) is 18.2 Å². The minimum Gasteiger partial charge on any atom is -0.491 e. The van der Waals surface area contributed by atoms with Crippen molar-refractivity contribution in [2.45, 2.75) is 31.6 Å². The van der Waals surface area contributed by atoms with Crippen LogP contribution < -0.4 is 4.74 Å². The van der Waals surface area contributed by atoms with Gasteiger partial charge in [0, 0.05) is 12.8 Å². The van der Waals surface area contributed by atoms with Gasteiger partial charge in [-0.2, -0.15) is 0 Å². The average Bonchev–Trinajstić information content (AvgIpc) is 2.30. The highest BCUT2D eigenvalue weighted by Gasteiger charge is 2.35. The van der Waals surface area contributed by atoms with Gasteiger partial charge in [-0.15, -0.1) is 0 Å². The van der Waals surface area contributed by atoms with E-state index in [-0.39, 0.29) is 18.8 Å². The SMILES string of the molecule is FC1(F)CCC(COc2c(Br)cccc2Br)CC1. The molecule has 100 valence electrons. The molecule has 1 nitrogen and oxygen atoms in total. The maximum atomic E-state index is 13.0. The normalized spacial score (nSPS) is 19.8. The van der Waals surface area contributed by atoms with Gasteiger partial charge in [0.25, 0.3) is 0 Å². The van der Waals surface area contributed by atoms with Crippen LogP contribution in [0.4, 0.5) is 8.78 Å². The van der Waals surface area contributed by atoms with Gasteiger partial charge in [-0.05, 0) is 62.8 Å². The summed E-state index contributed by atoms with van der Waals surface area (Å²) in [6.45, 7) is 0.497. The zero-order valence-corrected chi connectivity index (χ0v) is 12.9. The Labute approximate surface area is 122 Å². The zero-order chi connectivity index (χ0) is 13.2. The van der Waals surface area contributed by atoms with Gasteiger partial charge in [0.15, 0.2) is 0 Å². The van der Waals surface area contributed by atoms with Crippen LogP contribution in [-0.2, 0) is 0 Å². The number of halogens is 4. The topological polar surface area (TPSA) is 9.23 Å². The first-order valence-electron chi connectivity index (χ1n) is 5.92. The van der Waals surface area contributed by atoms with Crippen LogP contribution in [0.5, 0.6) is 5.75 Å². The first-order chi connectivity index (χ1) is 8.48. The molecule has 0 amide bonds. The fourth-order valence-corrected chi connectivity index (χ4v) is 3.32. The van der Waals surface area contributed by atoms with E-state index in [1.54, 1.807) is 0 Å². The highest BCUT2D eigenvalue weighted by molar-refractivity contribution is 9.11. The van der Waals surface area contributed by atoms with Crippen molar-refractivity contribution in [1.29, 1.82) is 0 Å². The van der Waals surface area contributed by atoms with Crippen molar-refractivity contribution in [2.75, 3.05) is 6.61 Å². The molecule has 2 rings (SSSR count). The van der Waals surface area contributed by atoms with E-state index < -0.39 is 5.92 Å². The summed E-state index contributed by atoms with van der Waals surface area (Å²) in [5.74, 6) is -1.50. The minimum atomic E-state index is -2.47. The molecule has 1 aliphatic carbocycles. The number of benzene rings is 1. The van der Waals surface area contributed by atoms with Gasteiger partial charge in [0.05, 0.1) is 15.6 Å². The Morgan fingerprint density at radius 1 is 1.17 bits per heavy atom. The summed E-state index contributed by atoms with van der Waals surface area (Å²) in [5.41, 5.74) is 0. The monoisotopic (exact) mass is 382 g/mol. The van der Waals surface area contributed by atoms with Crippen LogP contribution in [-0.4, -0.2) is 12.5 Å². The number of ether oxygens (including phenoxy) is 1. The van der Waals surface area contributed by atoms with Crippen molar-refractivity contribution in [3.63, 3.8) is 0 Å². The summed E-state index contributed by atoms with van der Waals surface area (Å²) in [5, 5.41) is 0. The highest BCUT2D eigenvalue weighted by Crippen LogP contribution is 2.38. The Morgan fingerprint density at radius 3 is 2.28 bits per heavy atom.